The molecule has 0 radical (unpaired) electrons. The van der Waals surface area contributed by atoms with E-state index in [0.717, 1.165) is 37.9 Å². The molecule has 4 aromatic rings. The predicted octanol–water partition coefficient (Wildman–Crippen LogP) is 4.09. The summed E-state index contributed by atoms with van der Waals surface area (Å²) in [5.41, 5.74) is 1.96. The van der Waals surface area contributed by atoms with Gasteiger partial charge in [0.1, 0.15) is 28.1 Å². The van der Waals surface area contributed by atoms with Gasteiger partial charge in [0.25, 0.3) is 11.5 Å². The van der Waals surface area contributed by atoms with Crippen LogP contribution >= 0.6 is 35.1 Å². The van der Waals surface area contributed by atoms with Crippen LogP contribution in [-0.2, 0) is 47.7 Å². The number of thiophene rings is 1. The number of halogens is 6. The number of aromatic nitrogens is 3. The first-order valence-corrected chi connectivity index (χ1v) is 14.7. The van der Waals surface area contributed by atoms with Crippen molar-refractivity contribution >= 4 is 57.2 Å². The van der Waals surface area contributed by atoms with Crippen molar-refractivity contribution in [2.24, 2.45) is 30.7 Å². The third kappa shape index (κ3) is 6.95. The lowest BCUT2D eigenvalue weighted by atomic mass is 10.0. The summed E-state index contributed by atoms with van der Waals surface area (Å²) < 4.78 is 77.9. The molecule has 0 bridgehead atoms. The van der Waals surface area contributed by atoms with Crippen molar-refractivity contribution < 1.29 is 36.3 Å². The second-order valence-electron chi connectivity index (χ2n) is 9.95. The Morgan fingerprint density at radius 2 is 1.76 bits per heavy atom. The van der Waals surface area contributed by atoms with Gasteiger partial charge in [0.05, 0.1) is 17.5 Å². The van der Waals surface area contributed by atoms with Gasteiger partial charge < -0.3 is 10.5 Å². The SMILES string of the molecule is CCC(C)[C@H](N)C(=O)OCn1c(-c2ccc(F)c(C(F)(F)F)c2F)cs/c1=N\C(=O)Cc1csc2c1c(=O)n(C)c(=O)n2C.Cl. The van der Waals surface area contributed by atoms with Gasteiger partial charge in [-0.05, 0) is 29.0 Å². The highest BCUT2D eigenvalue weighted by atomic mass is 35.5. The van der Waals surface area contributed by atoms with Crippen molar-refractivity contribution in [3.63, 3.8) is 0 Å². The number of fused-ring (bicyclic) bond motifs is 1. The monoisotopic (exact) mass is 695 g/mol. The van der Waals surface area contributed by atoms with Crippen LogP contribution in [0.2, 0.25) is 0 Å². The van der Waals surface area contributed by atoms with E-state index in [0.29, 0.717) is 17.3 Å². The Morgan fingerprint density at radius 3 is 2.38 bits per heavy atom. The summed E-state index contributed by atoms with van der Waals surface area (Å²) in [6, 6.07) is 0.189. The highest BCUT2D eigenvalue weighted by Crippen LogP contribution is 2.37. The number of nitrogens with two attached hydrogens (primary N) is 1. The molecule has 0 saturated heterocycles. The van der Waals surface area contributed by atoms with E-state index in [9.17, 15) is 36.7 Å². The van der Waals surface area contributed by atoms with Crippen LogP contribution in [0.25, 0.3) is 21.5 Å². The third-order valence-corrected chi connectivity index (χ3v) is 9.09. The van der Waals surface area contributed by atoms with E-state index < -0.39 is 71.3 Å². The maximum atomic E-state index is 15.1. The van der Waals surface area contributed by atoms with Crippen LogP contribution < -0.4 is 21.8 Å². The number of aryl methyl sites for hydroxylation is 1. The molecule has 0 fully saturated rings. The Bertz CT molecular complexity index is 1960. The summed E-state index contributed by atoms with van der Waals surface area (Å²) in [7, 11) is 2.76. The smallest absolute Gasteiger partial charge is 0.422 e. The lowest BCUT2D eigenvalue weighted by Crippen LogP contribution is -2.38. The molecule has 10 nitrogen and oxygen atoms in total. The number of carbonyl (C=O) groups is 2. The minimum absolute atomic E-state index is 0. The van der Waals surface area contributed by atoms with Crippen LogP contribution in [0.1, 0.15) is 31.4 Å². The first-order valence-electron chi connectivity index (χ1n) is 13.0. The fourth-order valence-corrected chi connectivity index (χ4v) is 6.27. The Kier molecular flexibility index (Phi) is 10.9. The van der Waals surface area contributed by atoms with Crippen molar-refractivity contribution in [1.29, 1.82) is 0 Å². The molecule has 0 aliphatic carbocycles. The standard InChI is InChI=1S/C27H26F5N5O5S2.ClH/c1-5-12(2)21(33)24(40)42-11-37-16(14-6-7-15(28)19(20(14)29)27(30,31)32)10-44-25(37)34-17(38)8-13-9-43-23-18(13)22(39)35(3)26(41)36(23)4;/h6-7,9-10,12,21H,5,8,11,33H2,1-4H3;1H/b34-25-;/t12?,21-;/m0./s1. The second kappa shape index (κ2) is 13.8. The van der Waals surface area contributed by atoms with E-state index in [-0.39, 0.29) is 39.8 Å². The van der Waals surface area contributed by atoms with E-state index in [1.54, 1.807) is 13.8 Å². The zero-order valence-corrected chi connectivity index (χ0v) is 26.6. The molecule has 3 heterocycles. The van der Waals surface area contributed by atoms with Gasteiger partial charge in [0, 0.05) is 25.0 Å². The maximum Gasteiger partial charge on any atom is 0.422 e. The van der Waals surface area contributed by atoms with Gasteiger partial charge in [-0.2, -0.15) is 18.2 Å². The largest absolute Gasteiger partial charge is 0.443 e. The molecular formula is C27H27ClF5N5O5S2. The molecular weight excluding hydrogens is 669 g/mol. The molecule has 0 aliphatic heterocycles. The van der Waals surface area contributed by atoms with Crippen LogP contribution in [0.3, 0.4) is 0 Å². The third-order valence-electron chi connectivity index (χ3n) is 7.12. The average Bonchev–Trinajstić information content (AvgIpc) is 3.56. The Hall–Kier alpha value is -3.67. The number of amides is 1. The molecule has 45 heavy (non-hydrogen) atoms. The number of ether oxygens (including phenoxy) is 1. The quantitative estimate of drug-likeness (QED) is 0.218. The highest BCUT2D eigenvalue weighted by molar-refractivity contribution is 7.17. The summed E-state index contributed by atoms with van der Waals surface area (Å²) in [6.07, 6.45) is -5.21. The van der Waals surface area contributed by atoms with Crippen LogP contribution in [0.4, 0.5) is 22.0 Å². The number of carbonyl (C=O) groups excluding carboxylic acids is 2. The first-order chi connectivity index (χ1) is 20.6. The molecule has 244 valence electrons. The molecule has 2 atom stereocenters. The number of rotatable bonds is 8. The number of benzene rings is 1. The number of esters is 1. The molecule has 0 saturated carbocycles. The summed E-state index contributed by atoms with van der Waals surface area (Å²) in [5, 5.41) is 2.84. The van der Waals surface area contributed by atoms with Gasteiger partial charge in [-0.25, -0.2) is 13.6 Å². The summed E-state index contributed by atoms with van der Waals surface area (Å²) in [4.78, 5) is 54.9. The fraction of sp³-hybridized carbons (Fsp3) is 0.370. The molecule has 4 rings (SSSR count). The lowest BCUT2D eigenvalue weighted by molar-refractivity contribution is -0.150. The molecule has 1 amide bonds. The van der Waals surface area contributed by atoms with E-state index >= 15 is 4.39 Å². The predicted molar refractivity (Wildman–Crippen MR) is 160 cm³/mol. The van der Waals surface area contributed by atoms with E-state index in [1.807, 2.05) is 0 Å². The van der Waals surface area contributed by atoms with Crippen LogP contribution in [0, 0.1) is 17.6 Å². The second-order valence-corrected chi connectivity index (χ2v) is 11.6. The molecule has 3 aromatic heterocycles. The Labute approximate surface area is 265 Å². The summed E-state index contributed by atoms with van der Waals surface area (Å²) in [5.74, 6) is -5.67. The van der Waals surface area contributed by atoms with Gasteiger partial charge in [0.15, 0.2) is 11.5 Å². The van der Waals surface area contributed by atoms with Gasteiger partial charge in [-0.1, -0.05) is 20.3 Å². The topological polar surface area (TPSA) is 131 Å². The minimum atomic E-state index is -5.35. The molecule has 0 spiro atoms. The van der Waals surface area contributed by atoms with Crippen LogP contribution in [-0.4, -0.2) is 31.6 Å². The van der Waals surface area contributed by atoms with Crippen molar-refractivity contribution in [1.82, 2.24) is 13.7 Å². The number of alkyl halides is 3. The Balaban J connectivity index is 0.00000552. The van der Waals surface area contributed by atoms with Crippen molar-refractivity contribution in [3.05, 3.63) is 71.3 Å². The van der Waals surface area contributed by atoms with Gasteiger partial charge in [0.2, 0.25) is 0 Å². The van der Waals surface area contributed by atoms with Gasteiger partial charge in [-0.15, -0.1) is 35.1 Å². The Morgan fingerprint density at radius 1 is 1.09 bits per heavy atom. The molecule has 1 aromatic carbocycles. The zero-order chi connectivity index (χ0) is 32.7. The minimum Gasteiger partial charge on any atom is -0.443 e. The summed E-state index contributed by atoms with van der Waals surface area (Å²) >= 11 is 1.80. The lowest BCUT2D eigenvalue weighted by Gasteiger charge is -2.18. The average molecular weight is 696 g/mol. The zero-order valence-electron chi connectivity index (χ0n) is 24.1. The van der Waals surface area contributed by atoms with Crippen molar-refractivity contribution in [2.45, 2.75) is 45.6 Å². The summed E-state index contributed by atoms with van der Waals surface area (Å²) in [6.45, 7) is 2.80. The molecule has 2 N–H and O–H groups in total. The number of thiazole rings is 1. The number of hydrogen-bond acceptors (Lipinski definition) is 8. The number of hydrogen-bond donors (Lipinski definition) is 1. The van der Waals surface area contributed by atoms with E-state index in [1.165, 1.54) is 29.4 Å². The normalized spacial score (nSPS) is 13.5. The van der Waals surface area contributed by atoms with Gasteiger partial charge >= 0.3 is 17.8 Å². The number of nitrogens with zero attached hydrogens (tertiary/aromatic N) is 4. The molecule has 1 unspecified atom stereocenters. The van der Waals surface area contributed by atoms with E-state index in [4.69, 9.17) is 10.5 Å². The van der Waals surface area contributed by atoms with Crippen LogP contribution in [0.15, 0.2) is 37.5 Å². The van der Waals surface area contributed by atoms with E-state index in [2.05, 4.69) is 4.99 Å². The maximum absolute atomic E-state index is 15.1. The van der Waals surface area contributed by atoms with Crippen molar-refractivity contribution in [2.75, 3.05) is 0 Å². The highest BCUT2D eigenvalue weighted by Gasteiger charge is 2.39. The first kappa shape index (κ1) is 35.8. The van der Waals surface area contributed by atoms with Gasteiger partial charge in [-0.3, -0.25) is 28.1 Å². The fourth-order valence-electron chi connectivity index (χ4n) is 4.34. The molecule has 0 aliphatic rings. The van der Waals surface area contributed by atoms with Crippen molar-refractivity contribution in [3.8, 4) is 11.3 Å². The molecule has 18 heteroatoms. The van der Waals surface area contributed by atoms with Crippen LogP contribution in [0.5, 0.6) is 0 Å².